The number of hydrogen-bond acceptors (Lipinski definition) is 8. The molecule has 1 N–H and O–H groups in total. The predicted octanol–water partition coefficient (Wildman–Crippen LogP) is 4.50. The summed E-state index contributed by atoms with van der Waals surface area (Å²) in [6.07, 6.45) is 0. The molecule has 0 saturated heterocycles. The minimum absolute atomic E-state index is 0.134. The Morgan fingerprint density at radius 2 is 1.87 bits per heavy atom. The molecule has 0 atom stereocenters. The van der Waals surface area contributed by atoms with Gasteiger partial charge in [0.1, 0.15) is 5.03 Å². The van der Waals surface area contributed by atoms with Crippen molar-refractivity contribution in [2.24, 2.45) is 0 Å². The highest BCUT2D eigenvalue weighted by atomic mass is 32.2. The Kier molecular flexibility index (Phi) is 6.10. The van der Waals surface area contributed by atoms with E-state index in [2.05, 4.69) is 20.5 Å². The number of anilines is 1. The summed E-state index contributed by atoms with van der Waals surface area (Å²) in [4.78, 5) is 16.7. The number of carbonyl (C=O) groups excluding carboxylic acids is 1. The smallest absolute Gasteiger partial charge is 0.236 e. The fourth-order valence-electron chi connectivity index (χ4n) is 2.77. The van der Waals surface area contributed by atoms with Gasteiger partial charge in [-0.2, -0.15) is 0 Å². The number of nitrogens with one attached hydrogen (secondary N) is 1. The molecule has 0 spiro atoms. The first-order chi connectivity index (χ1) is 14.7. The van der Waals surface area contributed by atoms with Gasteiger partial charge in [-0.15, -0.1) is 10.2 Å². The van der Waals surface area contributed by atoms with Gasteiger partial charge in [0.2, 0.25) is 5.91 Å². The summed E-state index contributed by atoms with van der Waals surface area (Å²) in [6, 6.07) is 17.0. The molecule has 7 nitrogen and oxygen atoms in total. The Morgan fingerprint density at radius 1 is 1.03 bits per heavy atom. The number of methoxy groups -OCH3 is 2. The monoisotopic (exact) mass is 438 g/mol. The van der Waals surface area contributed by atoms with E-state index in [0.717, 1.165) is 15.8 Å². The Hall–Kier alpha value is -3.17. The highest BCUT2D eigenvalue weighted by molar-refractivity contribution is 7.99. The van der Waals surface area contributed by atoms with Crippen molar-refractivity contribution in [3.05, 3.63) is 54.6 Å². The Bertz CT molecular complexity index is 1150. The van der Waals surface area contributed by atoms with Gasteiger partial charge in [-0.25, -0.2) is 4.98 Å². The van der Waals surface area contributed by atoms with Crippen LogP contribution in [0.1, 0.15) is 0 Å². The van der Waals surface area contributed by atoms with Crippen LogP contribution >= 0.6 is 23.1 Å². The number of hydrogen-bond donors (Lipinski definition) is 1. The molecule has 2 aromatic carbocycles. The standard InChI is InChI=1S/C21H18N4O3S2/c1-27-16-9-7-13(11-17(16)28-2)14-8-10-20(25-24-14)29-12-19(26)23-21-22-15-5-3-4-6-18(15)30-21/h3-11H,12H2,1-2H3,(H,22,23,26). The Labute approximate surface area is 181 Å². The van der Waals surface area contributed by atoms with E-state index < -0.39 is 0 Å². The third-order valence-corrected chi connectivity index (χ3v) is 6.08. The summed E-state index contributed by atoms with van der Waals surface area (Å²) >= 11 is 2.77. The lowest BCUT2D eigenvalue weighted by Crippen LogP contribution is -2.13. The molecule has 0 aliphatic carbocycles. The van der Waals surface area contributed by atoms with Crippen LogP contribution in [0.25, 0.3) is 21.5 Å². The van der Waals surface area contributed by atoms with Gasteiger partial charge in [-0.05, 0) is 42.5 Å². The maximum atomic E-state index is 12.2. The fraction of sp³-hybridized carbons (Fsp3) is 0.143. The van der Waals surface area contributed by atoms with Crippen molar-refractivity contribution in [3.63, 3.8) is 0 Å². The molecular weight excluding hydrogens is 420 g/mol. The van der Waals surface area contributed by atoms with Crippen LogP contribution in [0.4, 0.5) is 5.13 Å². The first kappa shape index (κ1) is 20.1. The van der Waals surface area contributed by atoms with Crippen LogP contribution in [-0.4, -0.2) is 41.1 Å². The number of amides is 1. The molecule has 152 valence electrons. The number of aromatic nitrogens is 3. The van der Waals surface area contributed by atoms with E-state index in [0.29, 0.717) is 27.4 Å². The quantitative estimate of drug-likeness (QED) is 0.425. The maximum Gasteiger partial charge on any atom is 0.236 e. The van der Waals surface area contributed by atoms with Crippen molar-refractivity contribution < 1.29 is 14.3 Å². The van der Waals surface area contributed by atoms with Crippen molar-refractivity contribution in [2.45, 2.75) is 5.03 Å². The highest BCUT2D eigenvalue weighted by Crippen LogP contribution is 2.31. The number of thioether (sulfide) groups is 1. The van der Waals surface area contributed by atoms with E-state index in [1.54, 1.807) is 14.2 Å². The van der Waals surface area contributed by atoms with E-state index in [4.69, 9.17) is 9.47 Å². The largest absolute Gasteiger partial charge is 0.493 e. The van der Waals surface area contributed by atoms with Gasteiger partial charge in [-0.1, -0.05) is 35.2 Å². The van der Waals surface area contributed by atoms with Gasteiger partial charge >= 0.3 is 0 Å². The molecule has 30 heavy (non-hydrogen) atoms. The van der Waals surface area contributed by atoms with Crippen LogP contribution in [0.2, 0.25) is 0 Å². The molecule has 4 aromatic rings. The summed E-state index contributed by atoms with van der Waals surface area (Å²) in [6.45, 7) is 0. The molecule has 4 rings (SSSR count). The SMILES string of the molecule is COc1ccc(-c2ccc(SCC(=O)Nc3nc4ccccc4s3)nn2)cc1OC. The third-order valence-electron chi connectivity index (χ3n) is 4.21. The normalized spacial score (nSPS) is 10.7. The van der Waals surface area contributed by atoms with Gasteiger partial charge in [0, 0.05) is 5.56 Å². The molecule has 2 heterocycles. The summed E-state index contributed by atoms with van der Waals surface area (Å²) in [5.41, 5.74) is 2.45. The molecule has 0 saturated carbocycles. The lowest BCUT2D eigenvalue weighted by molar-refractivity contribution is -0.113. The Morgan fingerprint density at radius 3 is 2.60 bits per heavy atom. The van der Waals surface area contributed by atoms with Gasteiger partial charge < -0.3 is 14.8 Å². The number of rotatable bonds is 7. The molecule has 0 bridgehead atoms. The third kappa shape index (κ3) is 4.52. The number of thiazole rings is 1. The summed E-state index contributed by atoms with van der Waals surface area (Å²) < 4.78 is 11.6. The van der Waals surface area contributed by atoms with Crippen LogP contribution in [-0.2, 0) is 4.79 Å². The predicted molar refractivity (Wildman–Crippen MR) is 120 cm³/mol. The molecule has 0 fully saturated rings. The molecule has 9 heteroatoms. The van der Waals surface area contributed by atoms with Crippen molar-refractivity contribution in [3.8, 4) is 22.8 Å². The number of benzene rings is 2. The fourth-order valence-corrected chi connectivity index (χ4v) is 4.26. The van der Waals surface area contributed by atoms with Crippen LogP contribution in [0.15, 0.2) is 59.6 Å². The number of fused-ring (bicyclic) bond motifs is 1. The minimum atomic E-state index is -0.134. The maximum absolute atomic E-state index is 12.2. The van der Waals surface area contributed by atoms with Crippen LogP contribution in [0, 0.1) is 0 Å². The number of nitrogens with zero attached hydrogens (tertiary/aromatic N) is 3. The van der Waals surface area contributed by atoms with E-state index in [1.165, 1.54) is 23.1 Å². The second-order valence-corrected chi connectivity index (χ2v) is 8.18. The first-order valence-corrected chi connectivity index (χ1v) is 10.8. The summed E-state index contributed by atoms with van der Waals surface area (Å²) in [5.74, 6) is 1.37. The highest BCUT2D eigenvalue weighted by Gasteiger charge is 2.10. The first-order valence-electron chi connectivity index (χ1n) is 9.00. The van der Waals surface area contributed by atoms with Crippen LogP contribution in [0.5, 0.6) is 11.5 Å². The van der Waals surface area contributed by atoms with Gasteiger partial charge in [0.15, 0.2) is 16.6 Å². The zero-order valence-corrected chi connectivity index (χ0v) is 17.9. The number of para-hydroxylation sites is 1. The van der Waals surface area contributed by atoms with Crippen molar-refractivity contribution in [2.75, 3.05) is 25.3 Å². The van der Waals surface area contributed by atoms with Crippen molar-refractivity contribution in [1.29, 1.82) is 0 Å². The lowest BCUT2D eigenvalue weighted by Gasteiger charge is -2.09. The summed E-state index contributed by atoms with van der Waals surface area (Å²) in [5, 5.41) is 12.6. The second-order valence-electron chi connectivity index (χ2n) is 6.15. The van der Waals surface area contributed by atoms with E-state index in [-0.39, 0.29) is 11.7 Å². The van der Waals surface area contributed by atoms with Gasteiger partial charge in [-0.3, -0.25) is 4.79 Å². The minimum Gasteiger partial charge on any atom is -0.493 e. The number of carbonyl (C=O) groups is 1. The molecule has 1 amide bonds. The van der Waals surface area contributed by atoms with Gasteiger partial charge in [0.05, 0.1) is 35.9 Å². The molecule has 0 unspecified atom stereocenters. The molecular formula is C21H18N4O3S2. The van der Waals surface area contributed by atoms with Crippen molar-refractivity contribution >= 4 is 44.4 Å². The number of ether oxygens (including phenoxy) is 2. The summed E-state index contributed by atoms with van der Waals surface area (Å²) in [7, 11) is 3.18. The van der Waals surface area contributed by atoms with E-state index >= 15 is 0 Å². The molecule has 2 aromatic heterocycles. The average Bonchev–Trinajstić information content (AvgIpc) is 3.19. The molecule has 0 aliphatic rings. The lowest BCUT2D eigenvalue weighted by atomic mass is 10.1. The Balaban J connectivity index is 1.37. The average molecular weight is 439 g/mol. The molecule has 0 aliphatic heterocycles. The van der Waals surface area contributed by atoms with Crippen LogP contribution in [0.3, 0.4) is 0 Å². The van der Waals surface area contributed by atoms with E-state index in [9.17, 15) is 4.79 Å². The zero-order chi connectivity index (χ0) is 20.9. The van der Waals surface area contributed by atoms with Gasteiger partial charge in [0.25, 0.3) is 0 Å². The topological polar surface area (TPSA) is 86.2 Å². The second kappa shape index (κ2) is 9.10. The molecule has 0 radical (unpaired) electrons. The van der Waals surface area contributed by atoms with Crippen LogP contribution < -0.4 is 14.8 Å². The van der Waals surface area contributed by atoms with E-state index in [1.807, 2.05) is 54.6 Å². The zero-order valence-electron chi connectivity index (χ0n) is 16.3. The van der Waals surface area contributed by atoms with Crippen molar-refractivity contribution in [1.82, 2.24) is 15.2 Å².